The van der Waals surface area contributed by atoms with Crippen LogP contribution in [0.25, 0.3) is 11.3 Å². The van der Waals surface area contributed by atoms with E-state index in [1.165, 1.54) is 11.3 Å². The first-order valence-electron chi connectivity index (χ1n) is 7.56. The Bertz CT molecular complexity index is 1010. The number of carbonyl (C=O) groups excluding carboxylic acids is 2. The van der Waals surface area contributed by atoms with Gasteiger partial charge in [0.25, 0.3) is 5.91 Å². The maximum atomic E-state index is 13.5. The van der Waals surface area contributed by atoms with Crippen LogP contribution < -0.4 is 5.32 Å². The van der Waals surface area contributed by atoms with Crippen LogP contribution in [0.2, 0.25) is 5.02 Å². The largest absolute Gasteiger partial charge is 0.452 e. The third-order valence-electron chi connectivity index (χ3n) is 3.39. The molecular formula is C18H11ClF2N2O3S. The van der Waals surface area contributed by atoms with Gasteiger partial charge >= 0.3 is 5.97 Å². The Morgan fingerprint density at radius 1 is 1.19 bits per heavy atom. The third kappa shape index (κ3) is 4.66. The molecule has 9 heteroatoms. The van der Waals surface area contributed by atoms with E-state index < -0.39 is 35.7 Å². The van der Waals surface area contributed by atoms with Gasteiger partial charge in [0, 0.05) is 22.0 Å². The fourth-order valence-corrected chi connectivity index (χ4v) is 3.10. The van der Waals surface area contributed by atoms with Crippen molar-refractivity contribution in [2.75, 3.05) is 11.9 Å². The minimum absolute atomic E-state index is 0.291. The van der Waals surface area contributed by atoms with E-state index in [2.05, 4.69) is 10.3 Å². The van der Waals surface area contributed by atoms with Gasteiger partial charge in [-0.15, -0.1) is 11.3 Å². The van der Waals surface area contributed by atoms with Gasteiger partial charge in [0.2, 0.25) is 0 Å². The normalized spacial score (nSPS) is 10.5. The molecule has 2 aromatic carbocycles. The lowest BCUT2D eigenvalue weighted by Crippen LogP contribution is -2.21. The Hall–Kier alpha value is -2.84. The monoisotopic (exact) mass is 408 g/mol. The number of rotatable bonds is 5. The average molecular weight is 409 g/mol. The molecule has 0 aliphatic carbocycles. The van der Waals surface area contributed by atoms with Crippen LogP contribution in [0.3, 0.4) is 0 Å². The van der Waals surface area contributed by atoms with Gasteiger partial charge in [-0.1, -0.05) is 29.8 Å². The van der Waals surface area contributed by atoms with Gasteiger partial charge in [-0.25, -0.2) is 18.6 Å². The minimum atomic E-state index is -1.07. The fourth-order valence-electron chi connectivity index (χ4n) is 2.14. The molecule has 0 atom stereocenters. The second kappa shape index (κ2) is 8.24. The highest BCUT2D eigenvalue weighted by Crippen LogP contribution is 2.30. The molecule has 0 unspecified atom stereocenters. The lowest BCUT2D eigenvalue weighted by Gasteiger charge is -2.05. The smallest absolute Gasteiger partial charge is 0.341 e. The van der Waals surface area contributed by atoms with E-state index in [0.717, 1.165) is 12.1 Å². The van der Waals surface area contributed by atoms with Crippen molar-refractivity contribution in [2.24, 2.45) is 0 Å². The van der Waals surface area contributed by atoms with Gasteiger partial charge in [0.05, 0.1) is 11.3 Å². The zero-order chi connectivity index (χ0) is 19.4. The van der Waals surface area contributed by atoms with E-state index in [9.17, 15) is 18.4 Å². The number of esters is 1. The van der Waals surface area contributed by atoms with Crippen LogP contribution in [0.15, 0.2) is 47.8 Å². The summed E-state index contributed by atoms with van der Waals surface area (Å²) >= 11 is 7.28. The van der Waals surface area contributed by atoms with Crippen molar-refractivity contribution in [3.63, 3.8) is 0 Å². The van der Waals surface area contributed by atoms with Crippen LogP contribution in [0, 0.1) is 11.6 Å². The molecule has 5 nitrogen and oxygen atoms in total. The number of aromatic nitrogens is 1. The third-order valence-corrected chi connectivity index (χ3v) is 4.47. The highest BCUT2D eigenvalue weighted by molar-refractivity contribution is 7.14. The van der Waals surface area contributed by atoms with Crippen molar-refractivity contribution in [1.29, 1.82) is 0 Å². The zero-order valence-corrected chi connectivity index (χ0v) is 15.1. The first kappa shape index (κ1) is 18.9. The molecule has 1 amide bonds. The van der Waals surface area contributed by atoms with E-state index in [1.807, 2.05) is 6.07 Å². The number of halogens is 3. The lowest BCUT2D eigenvalue weighted by molar-refractivity contribution is -0.119. The zero-order valence-electron chi connectivity index (χ0n) is 13.5. The van der Waals surface area contributed by atoms with Crippen LogP contribution in [0.4, 0.5) is 13.9 Å². The summed E-state index contributed by atoms with van der Waals surface area (Å²) in [7, 11) is 0. The molecule has 3 aromatic rings. The number of hydrogen-bond donors (Lipinski definition) is 1. The fraction of sp³-hybridized carbons (Fsp3) is 0.0556. The molecule has 0 saturated carbocycles. The summed E-state index contributed by atoms with van der Waals surface area (Å²) in [5.74, 6) is -3.60. The van der Waals surface area contributed by atoms with Crippen LogP contribution in [-0.2, 0) is 9.53 Å². The van der Waals surface area contributed by atoms with Crippen molar-refractivity contribution in [3.8, 4) is 11.3 Å². The maximum absolute atomic E-state index is 13.5. The number of nitrogens with zero attached hydrogens (tertiary/aromatic N) is 1. The Morgan fingerprint density at radius 3 is 2.70 bits per heavy atom. The number of ether oxygens (including phenoxy) is 1. The number of hydrogen-bond acceptors (Lipinski definition) is 5. The van der Waals surface area contributed by atoms with Crippen molar-refractivity contribution in [2.45, 2.75) is 0 Å². The molecule has 1 aromatic heterocycles. The van der Waals surface area contributed by atoms with E-state index in [-0.39, 0.29) is 0 Å². The predicted molar refractivity (Wildman–Crippen MR) is 97.8 cm³/mol. The molecule has 1 N–H and O–H groups in total. The van der Waals surface area contributed by atoms with E-state index in [0.29, 0.717) is 27.5 Å². The molecule has 0 fully saturated rings. The number of carbonyl (C=O) groups is 2. The van der Waals surface area contributed by atoms with Gasteiger partial charge in [-0.3, -0.25) is 10.1 Å². The molecule has 0 spiro atoms. The molecule has 1 heterocycles. The van der Waals surface area contributed by atoms with Crippen LogP contribution in [-0.4, -0.2) is 23.5 Å². The van der Waals surface area contributed by atoms with Gasteiger partial charge in [-0.2, -0.15) is 0 Å². The molecule has 138 valence electrons. The summed E-state index contributed by atoms with van der Waals surface area (Å²) in [5.41, 5.74) is 0.847. The standard InChI is InChI=1S/C18H11ClF2N2O3S/c19-13-4-2-1-3-11(13)15-9-27-18(22-15)23-16(24)8-26-17(25)12-6-5-10(20)7-14(12)21/h1-7,9H,8H2,(H,22,23,24). The van der Waals surface area contributed by atoms with Crippen molar-refractivity contribution >= 4 is 39.9 Å². The second-order valence-corrected chi connectivity index (χ2v) is 6.53. The van der Waals surface area contributed by atoms with Gasteiger partial charge in [0.15, 0.2) is 11.7 Å². The maximum Gasteiger partial charge on any atom is 0.341 e. The first-order valence-corrected chi connectivity index (χ1v) is 8.82. The number of amides is 1. The van der Waals surface area contributed by atoms with Gasteiger partial charge in [-0.05, 0) is 18.2 Å². The molecule has 3 rings (SSSR count). The Balaban J connectivity index is 1.58. The van der Waals surface area contributed by atoms with Crippen molar-refractivity contribution < 1.29 is 23.1 Å². The van der Waals surface area contributed by atoms with Crippen molar-refractivity contribution in [3.05, 3.63) is 70.1 Å². The molecule has 0 aliphatic heterocycles. The Morgan fingerprint density at radius 2 is 1.96 bits per heavy atom. The van der Waals surface area contributed by atoms with Gasteiger partial charge in [0.1, 0.15) is 11.6 Å². The Labute approximate surface area is 161 Å². The summed E-state index contributed by atoms with van der Waals surface area (Å²) in [5, 5.41) is 5.01. The van der Waals surface area contributed by atoms with E-state index >= 15 is 0 Å². The van der Waals surface area contributed by atoms with Gasteiger partial charge < -0.3 is 4.74 Å². The molecular weight excluding hydrogens is 398 g/mol. The summed E-state index contributed by atoms with van der Waals surface area (Å²) < 4.78 is 31.1. The van der Waals surface area contributed by atoms with E-state index in [4.69, 9.17) is 16.3 Å². The van der Waals surface area contributed by atoms with Crippen molar-refractivity contribution in [1.82, 2.24) is 4.98 Å². The number of thiazole rings is 1. The number of anilines is 1. The predicted octanol–water partition coefficient (Wildman–Crippen LogP) is 4.54. The summed E-state index contributed by atoms with van der Waals surface area (Å²) in [4.78, 5) is 27.9. The van der Waals surface area contributed by atoms with Crippen LogP contribution in [0.1, 0.15) is 10.4 Å². The lowest BCUT2D eigenvalue weighted by atomic mass is 10.2. The second-order valence-electron chi connectivity index (χ2n) is 5.27. The summed E-state index contributed by atoms with van der Waals surface area (Å²) in [6.07, 6.45) is 0. The molecule has 27 heavy (non-hydrogen) atoms. The average Bonchev–Trinajstić information content (AvgIpc) is 3.08. The molecule has 0 radical (unpaired) electrons. The topological polar surface area (TPSA) is 68.3 Å². The summed E-state index contributed by atoms with van der Waals surface area (Å²) in [6, 6.07) is 9.55. The van der Waals surface area contributed by atoms with E-state index in [1.54, 1.807) is 23.6 Å². The Kier molecular flexibility index (Phi) is 5.78. The SMILES string of the molecule is O=C(COC(=O)c1ccc(F)cc1F)Nc1nc(-c2ccccc2Cl)cs1. The highest BCUT2D eigenvalue weighted by Gasteiger charge is 2.16. The molecule has 0 bridgehead atoms. The number of nitrogens with one attached hydrogen (secondary N) is 1. The first-order chi connectivity index (χ1) is 12.9. The summed E-state index contributed by atoms with van der Waals surface area (Å²) in [6.45, 7) is -0.642. The number of benzene rings is 2. The molecule has 0 saturated heterocycles. The quantitative estimate of drug-likeness (QED) is 0.629. The highest BCUT2D eigenvalue weighted by atomic mass is 35.5. The minimum Gasteiger partial charge on any atom is -0.452 e. The van der Waals surface area contributed by atoms with Crippen LogP contribution in [0.5, 0.6) is 0 Å². The molecule has 0 aliphatic rings. The van der Waals surface area contributed by atoms with Crippen LogP contribution >= 0.6 is 22.9 Å².